The molecule has 0 heterocycles. The Bertz CT molecular complexity index is 5030. The van der Waals surface area contributed by atoms with Crippen LogP contribution >= 0.6 is 0 Å². The van der Waals surface area contributed by atoms with Gasteiger partial charge in [0.2, 0.25) is 0 Å². The van der Waals surface area contributed by atoms with Crippen LogP contribution in [-0.2, 0) is 0 Å². The van der Waals surface area contributed by atoms with Crippen molar-refractivity contribution in [2.24, 2.45) is 0 Å². The van der Waals surface area contributed by atoms with E-state index in [4.69, 9.17) is 0 Å². The summed E-state index contributed by atoms with van der Waals surface area (Å²) in [5.41, 5.74) is 29.3. The van der Waals surface area contributed by atoms with Gasteiger partial charge in [0.05, 0.1) is 0 Å². The SMILES string of the molecule is C(=C(c1ccccc1)c1ccccc1)c1ccc(N(c2ccc(C=C(c3ccccc3)c3ccccc3)cc2)c2ccc(/C=C/c3cc4ccccc4cc3/C=C/c3ccc(N(c4ccc(C=C(c5ccccc5)c5ccccc5)cc4)c4ccc(C=C(c5ccccc5)c5ccccc5)cc4)cc3)cc2)cc1. The maximum Gasteiger partial charge on any atom is 0.0462 e. The zero-order chi connectivity index (χ0) is 72.5. The molecule has 512 valence electrons. The van der Waals surface area contributed by atoms with Crippen molar-refractivity contribution in [3.63, 3.8) is 0 Å². The molecule has 16 aromatic carbocycles. The van der Waals surface area contributed by atoms with Crippen LogP contribution in [0.2, 0.25) is 0 Å². The second-order valence-electron chi connectivity index (χ2n) is 26.9. The maximum atomic E-state index is 2.35. The number of rotatable bonds is 22. The van der Waals surface area contributed by atoms with E-state index >= 15 is 0 Å². The summed E-state index contributed by atoms with van der Waals surface area (Å²) in [5.74, 6) is 0. The van der Waals surface area contributed by atoms with Crippen molar-refractivity contribution in [3.8, 4) is 0 Å². The second-order valence-corrected chi connectivity index (χ2v) is 26.9. The molecular weight excluding hydrogens is 1300 g/mol. The zero-order valence-electron chi connectivity index (χ0n) is 59.9. The summed E-state index contributed by atoms with van der Waals surface area (Å²) in [7, 11) is 0. The topological polar surface area (TPSA) is 6.48 Å². The third kappa shape index (κ3) is 16.4. The summed E-state index contributed by atoms with van der Waals surface area (Å²) < 4.78 is 0. The van der Waals surface area contributed by atoms with Crippen LogP contribution in [-0.4, -0.2) is 0 Å². The Kier molecular flexibility index (Phi) is 20.9. The van der Waals surface area contributed by atoms with Crippen molar-refractivity contribution in [3.05, 3.63) is 514 Å². The summed E-state index contributed by atoms with van der Waals surface area (Å²) >= 11 is 0. The zero-order valence-corrected chi connectivity index (χ0v) is 59.9. The van der Waals surface area contributed by atoms with E-state index in [1.807, 2.05) is 0 Å². The lowest BCUT2D eigenvalue weighted by Crippen LogP contribution is -2.09. The minimum Gasteiger partial charge on any atom is -0.311 e. The van der Waals surface area contributed by atoms with E-state index in [0.29, 0.717) is 0 Å². The van der Waals surface area contributed by atoms with Crippen LogP contribution < -0.4 is 9.80 Å². The van der Waals surface area contributed by atoms with Crippen LogP contribution in [0.1, 0.15) is 89.0 Å². The van der Waals surface area contributed by atoms with Gasteiger partial charge in [-0.3, -0.25) is 0 Å². The van der Waals surface area contributed by atoms with Crippen molar-refractivity contribution < 1.29 is 0 Å². The smallest absolute Gasteiger partial charge is 0.0462 e. The van der Waals surface area contributed by atoms with E-state index < -0.39 is 0 Å². The molecule has 2 heteroatoms. The van der Waals surface area contributed by atoms with Crippen LogP contribution in [0, 0.1) is 0 Å². The number of hydrogen-bond acceptors (Lipinski definition) is 2. The van der Waals surface area contributed by atoms with Crippen LogP contribution in [0.4, 0.5) is 34.1 Å². The first-order valence-corrected chi connectivity index (χ1v) is 36.9. The molecular formula is C106H78N2. The molecule has 0 unspecified atom stereocenters. The second kappa shape index (κ2) is 33.1. The fourth-order valence-corrected chi connectivity index (χ4v) is 14.1. The average Bonchev–Trinajstić information content (AvgIpc) is 0.814. The normalized spacial score (nSPS) is 11.1. The monoisotopic (exact) mass is 1380 g/mol. The molecule has 108 heavy (non-hydrogen) atoms. The van der Waals surface area contributed by atoms with Crippen LogP contribution in [0.25, 0.3) is 81.7 Å². The fraction of sp³-hybridized carbons (Fsp3) is 0. The van der Waals surface area contributed by atoms with Crippen LogP contribution in [0.15, 0.2) is 425 Å². The van der Waals surface area contributed by atoms with Gasteiger partial charge in [0.15, 0.2) is 0 Å². The molecule has 0 spiro atoms. The van der Waals surface area contributed by atoms with Gasteiger partial charge in [-0.15, -0.1) is 0 Å². The molecule has 0 aliphatic carbocycles. The standard InChI is InChI=1S/C106H78N2/c1-9-27-85(28-10-1)103(86-29-11-2-12-30-86)73-81-51-65-99(66-52-81)107(100-67-53-82(54-68-100)74-104(87-31-13-3-14-32-87)88-33-15-4-16-34-88)97-61-47-79(48-62-97)45-59-95-77-93-43-25-26-44-94(93)78-96(95)60-46-80-49-63-98(64-50-80)108(101-69-55-83(56-70-101)75-105(89-35-17-5-18-36-89)90-37-19-6-20-38-90)102-71-57-84(58-72-102)76-106(91-39-21-7-22-40-91)92-41-23-8-24-42-92/h1-78H/b59-45+,60-46+. The van der Waals surface area contributed by atoms with E-state index in [-0.39, 0.29) is 0 Å². The number of nitrogens with zero attached hydrogens (tertiary/aromatic N) is 2. The van der Waals surface area contributed by atoms with E-state index in [1.165, 1.54) is 77.6 Å². The molecule has 16 rings (SSSR count). The molecule has 0 amide bonds. The number of hydrogen-bond donors (Lipinski definition) is 0. The van der Waals surface area contributed by atoms with Gasteiger partial charge >= 0.3 is 0 Å². The van der Waals surface area contributed by atoms with Gasteiger partial charge in [-0.1, -0.05) is 364 Å². The van der Waals surface area contributed by atoms with Gasteiger partial charge in [-0.25, -0.2) is 0 Å². The van der Waals surface area contributed by atoms with Crippen molar-refractivity contribution >= 4 is 116 Å². The van der Waals surface area contributed by atoms with E-state index in [1.54, 1.807) is 0 Å². The van der Waals surface area contributed by atoms with Crippen LogP contribution in [0.3, 0.4) is 0 Å². The maximum absolute atomic E-state index is 2.35. The van der Waals surface area contributed by atoms with Gasteiger partial charge in [-0.05, 0) is 231 Å². The molecule has 0 atom stereocenters. The lowest BCUT2D eigenvalue weighted by molar-refractivity contribution is 1.28. The van der Waals surface area contributed by atoms with Gasteiger partial charge in [0.1, 0.15) is 0 Å². The van der Waals surface area contributed by atoms with Gasteiger partial charge in [0.25, 0.3) is 0 Å². The first-order chi connectivity index (χ1) is 53.5. The molecule has 0 aliphatic rings. The Morgan fingerprint density at radius 2 is 0.324 bits per heavy atom. The molecule has 0 aliphatic heterocycles. The molecule has 2 nitrogen and oxygen atoms in total. The number of benzene rings is 16. The highest BCUT2D eigenvalue weighted by Crippen LogP contribution is 2.40. The predicted molar refractivity (Wildman–Crippen MR) is 463 cm³/mol. The van der Waals surface area contributed by atoms with E-state index in [0.717, 1.165) is 78.6 Å². The van der Waals surface area contributed by atoms with Crippen molar-refractivity contribution in [2.75, 3.05) is 9.80 Å². The molecule has 0 aromatic heterocycles. The first kappa shape index (κ1) is 68.3. The summed E-state index contributed by atoms with van der Waals surface area (Å²) in [6.45, 7) is 0. The van der Waals surface area contributed by atoms with Crippen LogP contribution in [0.5, 0.6) is 0 Å². The third-order valence-corrected chi connectivity index (χ3v) is 19.7. The first-order valence-electron chi connectivity index (χ1n) is 36.9. The highest BCUT2D eigenvalue weighted by atomic mass is 15.1. The van der Waals surface area contributed by atoms with Crippen molar-refractivity contribution in [2.45, 2.75) is 0 Å². The predicted octanol–water partition coefficient (Wildman–Crippen LogP) is 28.5. The summed E-state index contributed by atoms with van der Waals surface area (Å²) in [6, 6.07) is 152. The Labute approximate surface area is 635 Å². The van der Waals surface area contributed by atoms with Gasteiger partial charge in [-0.2, -0.15) is 0 Å². The fourth-order valence-electron chi connectivity index (χ4n) is 14.1. The highest BCUT2D eigenvalue weighted by molar-refractivity contribution is 5.97. The Morgan fingerprint density at radius 1 is 0.157 bits per heavy atom. The van der Waals surface area contributed by atoms with Crippen molar-refractivity contribution in [1.82, 2.24) is 0 Å². The Balaban J connectivity index is 0.702. The Hall–Kier alpha value is -14.2. The molecule has 0 radical (unpaired) electrons. The van der Waals surface area contributed by atoms with Gasteiger partial charge in [0, 0.05) is 34.1 Å². The molecule has 0 saturated heterocycles. The molecule has 16 aromatic rings. The third-order valence-electron chi connectivity index (χ3n) is 19.7. The quantitative estimate of drug-likeness (QED) is 0.0624. The molecule has 0 fully saturated rings. The molecule has 0 saturated carbocycles. The summed E-state index contributed by atoms with van der Waals surface area (Å²) in [5, 5.41) is 2.38. The lowest BCUT2D eigenvalue weighted by Gasteiger charge is -2.26. The minimum atomic E-state index is 1.05. The Morgan fingerprint density at radius 3 is 0.509 bits per heavy atom. The van der Waals surface area contributed by atoms with E-state index in [9.17, 15) is 0 Å². The average molecular weight is 1380 g/mol. The summed E-state index contributed by atoms with van der Waals surface area (Å²) in [4.78, 5) is 4.70. The minimum absolute atomic E-state index is 1.05. The highest BCUT2D eigenvalue weighted by Gasteiger charge is 2.18. The van der Waals surface area contributed by atoms with Gasteiger partial charge < -0.3 is 9.80 Å². The molecule has 0 N–H and O–H groups in total. The summed E-state index contributed by atoms with van der Waals surface area (Å²) in [6.07, 6.45) is 18.2. The largest absolute Gasteiger partial charge is 0.311 e. The van der Waals surface area contributed by atoms with E-state index in [2.05, 4.69) is 483 Å². The number of anilines is 6. The molecule has 0 bridgehead atoms. The van der Waals surface area contributed by atoms with Crippen molar-refractivity contribution in [1.29, 1.82) is 0 Å². The number of fused-ring (bicyclic) bond motifs is 1. The lowest BCUT2D eigenvalue weighted by atomic mass is 9.95.